The lowest BCUT2D eigenvalue weighted by Gasteiger charge is -2.26. The molecule has 0 saturated heterocycles. The Balaban J connectivity index is 2.22. The van der Waals surface area contributed by atoms with Gasteiger partial charge in [0.15, 0.2) is 0 Å². The second-order valence-corrected chi connectivity index (χ2v) is 5.35. The minimum atomic E-state index is 0.391. The van der Waals surface area contributed by atoms with Gasteiger partial charge in [0, 0.05) is 10.9 Å². The zero-order valence-electron chi connectivity index (χ0n) is 8.71. The van der Waals surface area contributed by atoms with Crippen molar-refractivity contribution in [1.29, 1.82) is 0 Å². The zero-order chi connectivity index (χ0) is 11.3. The number of aliphatic imine (C=N–C) groups is 1. The predicted octanol–water partition coefficient (Wildman–Crippen LogP) is 3.88. The van der Waals surface area contributed by atoms with Gasteiger partial charge >= 0.3 is 0 Å². The Labute approximate surface area is 104 Å². The van der Waals surface area contributed by atoms with Gasteiger partial charge in [0.2, 0.25) is 0 Å². The van der Waals surface area contributed by atoms with Crippen molar-refractivity contribution in [3.63, 3.8) is 0 Å². The molecule has 84 valence electrons. The van der Waals surface area contributed by atoms with Gasteiger partial charge < -0.3 is 5.73 Å². The highest BCUT2D eigenvalue weighted by molar-refractivity contribution is 6.36. The highest BCUT2D eigenvalue weighted by atomic mass is 35.5. The molecule has 1 fully saturated rings. The van der Waals surface area contributed by atoms with Crippen LogP contribution in [0.25, 0.3) is 0 Å². The summed E-state index contributed by atoms with van der Waals surface area (Å²) in [5.41, 5.74) is 8.00. The number of hydrogen-bond donors (Lipinski definition) is 1. The summed E-state index contributed by atoms with van der Waals surface area (Å²) >= 11 is 12.2. The molecule has 0 unspecified atom stereocenters. The minimum Gasteiger partial charge on any atom is -0.387 e. The van der Waals surface area contributed by atoms with Crippen LogP contribution in [0.3, 0.4) is 0 Å². The normalized spacial score (nSPS) is 27.2. The van der Waals surface area contributed by atoms with E-state index < -0.39 is 0 Å². The maximum atomic E-state index is 6.16. The third kappa shape index (κ3) is 1.44. The smallest absolute Gasteiger partial charge is 0.103 e. The second-order valence-electron chi connectivity index (χ2n) is 4.51. The van der Waals surface area contributed by atoms with Gasteiger partial charge in [-0.15, -0.1) is 0 Å². The predicted molar refractivity (Wildman–Crippen MR) is 67.8 cm³/mol. The number of nitrogens with two attached hydrogens (primary N) is 1. The van der Waals surface area contributed by atoms with Gasteiger partial charge in [-0.2, -0.15) is 0 Å². The van der Waals surface area contributed by atoms with Crippen molar-refractivity contribution in [2.24, 2.45) is 16.6 Å². The molecule has 1 aliphatic carbocycles. The molecule has 2 aliphatic rings. The lowest BCUT2D eigenvalue weighted by atomic mass is 9.85. The van der Waals surface area contributed by atoms with Crippen LogP contribution in [0.5, 0.6) is 0 Å². The van der Waals surface area contributed by atoms with Gasteiger partial charge in [0.1, 0.15) is 5.84 Å². The zero-order valence-corrected chi connectivity index (χ0v) is 10.2. The summed E-state index contributed by atoms with van der Waals surface area (Å²) in [6.07, 6.45) is 3.49. The number of rotatable bonds is 0. The summed E-state index contributed by atoms with van der Waals surface area (Å²) in [7, 11) is 0. The molecule has 0 aromatic heterocycles. The fraction of sp³-hybridized carbons (Fsp3) is 0.417. The fourth-order valence-corrected chi connectivity index (χ4v) is 3.44. The standard InChI is InChI=1S/C12H12Cl2N2/c13-6-4-9-7-2-1-3-8(7)12(15)16-11(9)10(14)5-6/h4-5,7-8H,1-3H2,(H2,15,16)/t7-,8+/m0/s1. The van der Waals surface area contributed by atoms with Crippen LogP contribution in [0.1, 0.15) is 30.7 Å². The molecule has 0 amide bonds. The molecule has 1 aliphatic heterocycles. The number of halogens is 2. The van der Waals surface area contributed by atoms with Gasteiger partial charge in [-0.25, -0.2) is 4.99 Å². The molecule has 3 rings (SSSR count). The van der Waals surface area contributed by atoms with Crippen LogP contribution in [0, 0.1) is 5.92 Å². The second kappa shape index (κ2) is 3.64. The Kier molecular flexibility index (Phi) is 2.37. The number of nitrogens with zero attached hydrogens (tertiary/aromatic N) is 1. The monoisotopic (exact) mass is 254 g/mol. The summed E-state index contributed by atoms with van der Waals surface area (Å²) in [4.78, 5) is 4.43. The summed E-state index contributed by atoms with van der Waals surface area (Å²) in [5, 5.41) is 1.29. The fourth-order valence-electron chi connectivity index (χ4n) is 2.88. The highest BCUT2D eigenvalue weighted by Crippen LogP contribution is 2.49. The van der Waals surface area contributed by atoms with Crippen LogP contribution in [0.4, 0.5) is 5.69 Å². The molecule has 2 nitrogen and oxygen atoms in total. The molecule has 1 heterocycles. The number of amidine groups is 1. The van der Waals surface area contributed by atoms with Crippen molar-refractivity contribution in [2.75, 3.05) is 0 Å². The maximum Gasteiger partial charge on any atom is 0.103 e. The Morgan fingerprint density at radius 1 is 1.19 bits per heavy atom. The Morgan fingerprint density at radius 2 is 1.94 bits per heavy atom. The molecular weight excluding hydrogens is 243 g/mol. The number of benzene rings is 1. The molecule has 4 heteroatoms. The van der Waals surface area contributed by atoms with E-state index in [1.807, 2.05) is 6.07 Å². The van der Waals surface area contributed by atoms with Gasteiger partial charge in [-0.05, 0) is 36.5 Å². The average molecular weight is 255 g/mol. The molecule has 0 bridgehead atoms. The van der Waals surface area contributed by atoms with Gasteiger partial charge in [-0.3, -0.25) is 0 Å². The van der Waals surface area contributed by atoms with Gasteiger partial charge in [0.05, 0.1) is 10.7 Å². The van der Waals surface area contributed by atoms with Crippen LogP contribution < -0.4 is 5.73 Å². The van der Waals surface area contributed by atoms with E-state index in [-0.39, 0.29) is 0 Å². The molecule has 2 N–H and O–H groups in total. The van der Waals surface area contributed by atoms with Crippen LogP contribution in [0.2, 0.25) is 10.0 Å². The average Bonchev–Trinajstić information content (AvgIpc) is 2.69. The molecule has 1 aromatic carbocycles. The van der Waals surface area contributed by atoms with Crippen molar-refractivity contribution in [2.45, 2.75) is 25.2 Å². The summed E-state index contributed by atoms with van der Waals surface area (Å²) in [6.45, 7) is 0. The molecular formula is C12H12Cl2N2. The Morgan fingerprint density at radius 3 is 2.75 bits per heavy atom. The van der Waals surface area contributed by atoms with Crippen molar-refractivity contribution in [3.8, 4) is 0 Å². The molecule has 0 spiro atoms. The topological polar surface area (TPSA) is 38.4 Å². The van der Waals surface area contributed by atoms with E-state index in [1.165, 1.54) is 12.0 Å². The first-order valence-electron chi connectivity index (χ1n) is 5.50. The Bertz CT molecular complexity index is 482. The van der Waals surface area contributed by atoms with Crippen molar-refractivity contribution < 1.29 is 0 Å². The molecule has 1 saturated carbocycles. The van der Waals surface area contributed by atoms with Crippen molar-refractivity contribution >= 4 is 34.7 Å². The molecule has 1 aromatic rings. The third-order valence-corrected chi connectivity index (χ3v) is 4.10. The largest absolute Gasteiger partial charge is 0.387 e. The van der Waals surface area contributed by atoms with E-state index in [4.69, 9.17) is 28.9 Å². The van der Waals surface area contributed by atoms with Crippen LogP contribution in [0.15, 0.2) is 17.1 Å². The summed E-state index contributed by atoms with van der Waals surface area (Å²) in [6, 6.07) is 3.72. The van der Waals surface area contributed by atoms with Crippen LogP contribution in [-0.2, 0) is 0 Å². The van der Waals surface area contributed by atoms with Crippen LogP contribution in [-0.4, -0.2) is 5.84 Å². The maximum absolute atomic E-state index is 6.16. The van der Waals surface area contributed by atoms with Crippen LogP contribution >= 0.6 is 23.2 Å². The van der Waals surface area contributed by atoms with E-state index >= 15 is 0 Å². The summed E-state index contributed by atoms with van der Waals surface area (Å²) < 4.78 is 0. The van der Waals surface area contributed by atoms with Crippen molar-refractivity contribution in [3.05, 3.63) is 27.7 Å². The molecule has 2 atom stereocenters. The van der Waals surface area contributed by atoms with E-state index in [0.29, 0.717) is 21.9 Å². The number of hydrogen-bond acceptors (Lipinski definition) is 2. The number of fused-ring (bicyclic) bond motifs is 3. The third-order valence-electron chi connectivity index (χ3n) is 3.59. The first-order valence-corrected chi connectivity index (χ1v) is 6.25. The van der Waals surface area contributed by atoms with Gasteiger partial charge in [0.25, 0.3) is 0 Å². The van der Waals surface area contributed by atoms with Crippen molar-refractivity contribution in [1.82, 2.24) is 0 Å². The van der Waals surface area contributed by atoms with Gasteiger partial charge in [-0.1, -0.05) is 29.6 Å². The first-order chi connectivity index (χ1) is 7.66. The highest BCUT2D eigenvalue weighted by Gasteiger charge is 2.36. The molecule has 0 radical (unpaired) electrons. The SMILES string of the molecule is NC1=Nc2c(Cl)cc(Cl)cc2[C@H]2CCC[C@@H]12. The quantitative estimate of drug-likeness (QED) is 0.750. The lowest BCUT2D eigenvalue weighted by molar-refractivity contribution is 0.610. The Hall–Kier alpha value is -0.730. The summed E-state index contributed by atoms with van der Waals surface area (Å²) in [5.74, 6) is 1.59. The van der Waals surface area contributed by atoms with E-state index in [1.54, 1.807) is 6.07 Å². The van der Waals surface area contributed by atoms with E-state index in [9.17, 15) is 0 Å². The van der Waals surface area contributed by atoms with E-state index in [0.717, 1.165) is 24.4 Å². The minimum absolute atomic E-state index is 0.391. The molecule has 16 heavy (non-hydrogen) atoms. The first kappa shape index (κ1) is 10.4. The lowest BCUT2D eigenvalue weighted by Crippen LogP contribution is -2.28. The van der Waals surface area contributed by atoms with E-state index in [2.05, 4.69) is 4.99 Å².